The molecule has 1 aromatic heterocycles. The fraction of sp³-hybridized carbons (Fsp3) is 0.643. The summed E-state index contributed by atoms with van der Waals surface area (Å²) < 4.78 is 4.82. The van der Waals surface area contributed by atoms with Crippen LogP contribution in [-0.2, 0) is 4.74 Å². The molecular weight excluding hydrogens is 258 g/mol. The summed E-state index contributed by atoms with van der Waals surface area (Å²) in [4.78, 5) is 32.6. The zero-order valence-corrected chi connectivity index (χ0v) is 12.2. The highest BCUT2D eigenvalue weighted by Crippen LogP contribution is 2.25. The number of ether oxygens (including phenoxy) is 1. The summed E-state index contributed by atoms with van der Waals surface area (Å²) in [7, 11) is 0. The summed E-state index contributed by atoms with van der Waals surface area (Å²) in [6, 6.07) is 0.658. The molecule has 2 atom stereocenters. The number of carbonyl (C=O) groups excluding carboxylic acids is 1. The largest absolute Gasteiger partial charge is 0.462 e. The molecule has 0 bridgehead atoms. The van der Waals surface area contributed by atoms with E-state index in [9.17, 15) is 9.59 Å². The fourth-order valence-corrected chi connectivity index (χ4v) is 2.71. The molecule has 20 heavy (non-hydrogen) atoms. The van der Waals surface area contributed by atoms with E-state index in [1.165, 1.54) is 12.6 Å². The van der Waals surface area contributed by atoms with Gasteiger partial charge in [-0.05, 0) is 40.0 Å². The van der Waals surface area contributed by atoms with Gasteiger partial charge in [-0.1, -0.05) is 0 Å². The predicted octanol–water partition coefficient (Wildman–Crippen LogP) is 1.71. The third kappa shape index (κ3) is 2.84. The van der Waals surface area contributed by atoms with Gasteiger partial charge in [0.2, 0.25) is 5.95 Å². The summed E-state index contributed by atoms with van der Waals surface area (Å²) in [5.41, 5.74) is -0.494. The average molecular weight is 279 g/mol. The van der Waals surface area contributed by atoms with Crippen LogP contribution in [0.5, 0.6) is 0 Å². The van der Waals surface area contributed by atoms with Crippen molar-refractivity contribution >= 4 is 11.9 Å². The van der Waals surface area contributed by atoms with Crippen LogP contribution in [0, 0.1) is 0 Å². The Hall–Kier alpha value is -1.85. The first-order valence-corrected chi connectivity index (χ1v) is 7.09. The number of anilines is 1. The molecule has 110 valence electrons. The van der Waals surface area contributed by atoms with Gasteiger partial charge in [0.15, 0.2) is 0 Å². The number of nitrogens with zero attached hydrogens (tertiary/aromatic N) is 2. The highest BCUT2D eigenvalue weighted by molar-refractivity contribution is 5.88. The lowest BCUT2D eigenvalue weighted by molar-refractivity contribution is 0.0523. The van der Waals surface area contributed by atoms with Gasteiger partial charge in [-0.2, -0.15) is 0 Å². The van der Waals surface area contributed by atoms with Crippen LogP contribution in [-0.4, -0.2) is 34.6 Å². The number of rotatable bonds is 3. The summed E-state index contributed by atoms with van der Waals surface area (Å²) in [5.74, 6) is -0.102. The van der Waals surface area contributed by atoms with Gasteiger partial charge >= 0.3 is 5.97 Å². The van der Waals surface area contributed by atoms with Crippen LogP contribution in [0.3, 0.4) is 0 Å². The van der Waals surface area contributed by atoms with Crippen LogP contribution in [0.15, 0.2) is 11.0 Å². The van der Waals surface area contributed by atoms with E-state index >= 15 is 0 Å². The Morgan fingerprint density at radius 1 is 1.45 bits per heavy atom. The molecule has 2 heterocycles. The molecule has 0 radical (unpaired) electrons. The Morgan fingerprint density at radius 2 is 2.10 bits per heavy atom. The minimum Gasteiger partial charge on any atom is -0.462 e. The van der Waals surface area contributed by atoms with E-state index in [0.717, 1.165) is 12.8 Å². The predicted molar refractivity (Wildman–Crippen MR) is 76.1 cm³/mol. The third-order valence-corrected chi connectivity index (χ3v) is 3.72. The zero-order chi connectivity index (χ0) is 14.7. The monoisotopic (exact) mass is 279 g/mol. The molecule has 0 aromatic carbocycles. The van der Waals surface area contributed by atoms with Crippen LogP contribution < -0.4 is 10.5 Å². The van der Waals surface area contributed by atoms with Gasteiger partial charge in [0.1, 0.15) is 5.56 Å². The summed E-state index contributed by atoms with van der Waals surface area (Å²) in [5, 5.41) is 0. The smallest absolute Gasteiger partial charge is 0.345 e. The van der Waals surface area contributed by atoms with Crippen molar-refractivity contribution < 1.29 is 9.53 Å². The van der Waals surface area contributed by atoms with Gasteiger partial charge in [0.25, 0.3) is 5.56 Å². The second-order valence-electron chi connectivity index (χ2n) is 5.21. The van der Waals surface area contributed by atoms with Crippen LogP contribution in [0.4, 0.5) is 5.95 Å². The molecule has 0 unspecified atom stereocenters. The lowest BCUT2D eigenvalue weighted by Crippen LogP contribution is -2.45. The molecule has 6 heteroatoms. The van der Waals surface area contributed by atoms with E-state index in [0.29, 0.717) is 18.0 Å². The van der Waals surface area contributed by atoms with E-state index in [4.69, 9.17) is 4.74 Å². The Kier molecular flexibility index (Phi) is 4.42. The third-order valence-electron chi connectivity index (χ3n) is 3.72. The van der Waals surface area contributed by atoms with Gasteiger partial charge in [-0.25, -0.2) is 9.78 Å². The molecule has 2 rings (SSSR count). The topological polar surface area (TPSA) is 75.3 Å². The number of aromatic amines is 1. The molecule has 0 aliphatic carbocycles. The van der Waals surface area contributed by atoms with E-state index in [1.54, 1.807) is 6.92 Å². The molecule has 1 fully saturated rings. The van der Waals surface area contributed by atoms with Crippen molar-refractivity contribution in [2.24, 2.45) is 0 Å². The van der Waals surface area contributed by atoms with Gasteiger partial charge in [-0.3, -0.25) is 9.78 Å². The number of aromatic nitrogens is 2. The molecule has 6 nitrogen and oxygen atoms in total. The van der Waals surface area contributed by atoms with Gasteiger partial charge in [0, 0.05) is 12.1 Å². The molecule has 1 aromatic rings. The lowest BCUT2D eigenvalue weighted by Gasteiger charge is -2.39. The van der Waals surface area contributed by atoms with Crippen molar-refractivity contribution in [3.05, 3.63) is 22.1 Å². The lowest BCUT2D eigenvalue weighted by atomic mass is 9.98. The zero-order valence-electron chi connectivity index (χ0n) is 12.2. The van der Waals surface area contributed by atoms with Crippen molar-refractivity contribution in [3.8, 4) is 0 Å². The Bertz CT molecular complexity index is 531. The maximum Gasteiger partial charge on any atom is 0.345 e. The Labute approximate surface area is 118 Å². The number of esters is 1. The van der Waals surface area contributed by atoms with Crippen molar-refractivity contribution in [2.45, 2.75) is 52.1 Å². The quantitative estimate of drug-likeness (QED) is 0.853. The standard InChI is InChI=1S/C14H21N3O3/c1-4-20-13(19)11-8-15-14(16-12(11)18)17-9(2)6-5-7-10(17)3/h8-10H,4-7H2,1-3H3,(H,15,16,18)/t9-,10-/m1/s1. The number of hydrogen-bond donors (Lipinski definition) is 1. The number of piperidine rings is 1. The molecule has 1 saturated heterocycles. The molecule has 1 N–H and O–H groups in total. The number of nitrogens with one attached hydrogen (secondary N) is 1. The van der Waals surface area contributed by atoms with Crippen molar-refractivity contribution in [2.75, 3.05) is 11.5 Å². The van der Waals surface area contributed by atoms with Crippen molar-refractivity contribution in [1.29, 1.82) is 0 Å². The van der Waals surface area contributed by atoms with Crippen LogP contribution in [0.25, 0.3) is 0 Å². The molecular formula is C14H21N3O3. The minimum atomic E-state index is -0.632. The summed E-state index contributed by atoms with van der Waals surface area (Å²) >= 11 is 0. The minimum absolute atomic E-state index is 0.0482. The summed E-state index contributed by atoms with van der Waals surface area (Å²) in [6.07, 6.45) is 4.64. The highest BCUT2D eigenvalue weighted by Gasteiger charge is 2.27. The maximum atomic E-state index is 12.0. The Morgan fingerprint density at radius 3 is 2.65 bits per heavy atom. The number of H-pyrrole nitrogens is 1. The maximum absolute atomic E-state index is 12.0. The second-order valence-corrected chi connectivity index (χ2v) is 5.21. The second kappa shape index (κ2) is 6.07. The van der Waals surface area contributed by atoms with E-state index in [1.807, 2.05) is 0 Å². The first kappa shape index (κ1) is 14.6. The van der Waals surface area contributed by atoms with Crippen LogP contribution >= 0.6 is 0 Å². The molecule has 0 amide bonds. The van der Waals surface area contributed by atoms with Crippen molar-refractivity contribution in [1.82, 2.24) is 9.97 Å². The number of hydrogen-bond acceptors (Lipinski definition) is 5. The number of carbonyl (C=O) groups is 1. The highest BCUT2D eigenvalue weighted by atomic mass is 16.5. The summed E-state index contributed by atoms with van der Waals surface area (Å²) in [6.45, 7) is 6.18. The van der Waals surface area contributed by atoms with Crippen LogP contribution in [0.1, 0.15) is 50.4 Å². The fourth-order valence-electron chi connectivity index (χ4n) is 2.71. The van der Waals surface area contributed by atoms with E-state index < -0.39 is 11.5 Å². The molecule has 1 aliphatic rings. The SMILES string of the molecule is CCOC(=O)c1cnc(N2[C@H](C)CCC[C@H]2C)[nH]c1=O. The van der Waals surface area contributed by atoms with E-state index in [-0.39, 0.29) is 12.2 Å². The van der Waals surface area contributed by atoms with Gasteiger partial charge in [-0.15, -0.1) is 0 Å². The average Bonchev–Trinajstić information content (AvgIpc) is 2.38. The first-order valence-electron chi connectivity index (χ1n) is 7.09. The first-order chi connectivity index (χ1) is 9.54. The molecule has 0 spiro atoms. The normalized spacial score (nSPS) is 22.6. The van der Waals surface area contributed by atoms with Gasteiger partial charge in [0.05, 0.1) is 12.8 Å². The molecule has 1 aliphatic heterocycles. The van der Waals surface area contributed by atoms with Gasteiger partial charge < -0.3 is 9.64 Å². The Balaban J connectivity index is 2.28. The van der Waals surface area contributed by atoms with Crippen molar-refractivity contribution in [3.63, 3.8) is 0 Å². The van der Waals surface area contributed by atoms with Crippen LogP contribution in [0.2, 0.25) is 0 Å². The molecule has 0 saturated carbocycles. The van der Waals surface area contributed by atoms with E-state index in [2.05, 4.69) is 28.7 Å².